The van der Waals surface area contributed by atoms with Gasteiger partial charge in [0.05, 0.1) is 16.4 Å². The SMILES string of the molecule is CCc1nn(C)c(CC(CC)(CC)CO)c1Cl. The maximum Gasteiger partial charge on any atom is 0.0849 e. The summed E-state index contributed by atoms with van der Waals surface area (Å²) in [5.74, 6) is 0. The molecule has 0 radical (unpaired) electrons. The second-order valence-corrected chi connectivity index (χ2v) is 5.10. The molecule has 0 aliphatic heterocycles. The number of rotatable bonds is 6. The van der Waals surface area contributed by atoms with E-state index in [0.29, 0.717) is 0 Å². The first-order valence-electron chi connectivity index (χ1n) is 6.34. The van der Waals surface area contributed by atoms with Crippen LogP contribution in [0, 0.1) is 5.41 Å². The second-order valence-electron chi connectivity index (χ2n) is 4.73. The molecule has 4 heteroatoms. The summed E-state index contributed by atoms with van der Waals surface area (Å²) in [7, 11) is 1.92. The van der Waals surface area contributed by atoms with Crippen LogP contribution in [0.15, 0.2) is 0 Å². The lowest BCUT2D eigenvalue weighted by molar-refractivity contribution is 0.113. The molecule has 0 aromatic carbocycles. The Labute approximate surface area is 109 Å². The van der Waals surface area contributed by atoms with E-state index in [1.807, 2.05) is 11.7 Å². The maximum atomic E-state index is 9.61. The van der Waals surface area contributed by atoms with Crippen molar-refractivity contribution in [2.24, 2.45) is 12.5 Å². The highest BCUT2D eigenvalue weighted by atomic mass is 35.5. The van der Waals surface area contributed by atoms with Gasteiger partial charge < -0.3 is 5.11 Å². The van der Waals surface area contributed by atoms with Crippen LogP contribution in [0.3, 0.4) is 0 Å². The summed E-state index contributed by atoms with van der Waals surface area (Å²) in [5.41, 5.74) is 1.92. The summed E-state index contributed by atoms with van der Waals surface area (Å²) >= 11 is 6.34. The van der Waals surface area contributed by atoms with Gasteiger partial charge in [-0.2, -0.15) is 5.10 Å². The van der Waals surface area contributed by atoms with Crippen molar-refractivity contribution in [1.29, 1.82) is 0 Å². The van der Waals surface area contributed by atoms with E-state index in [9.17, 15) is 5.11 Å². The van der Waals surface area contributed by atoms with Crippen molar-refractivity contribution in [2.45, 2.75) is 46.5 Å². The van der Waals surface area contributed by atoms with Crippen LogP contribution < -0.4 is 0 Å². The van der Waals surface area contributed by atoms with Gasteiger partial charge in [0.2, 0.25) is 0 Å². The van der Waals surface area contributed by atoms with Gasteiger partial charge in [0.15, 0.2) is 0 Å². The quantitative estimate of drug-likeness (QED) is 0.852. The number of hydrogen-bond acceptors (Lipinski definition) is 2. The molecule has 3 nitrogen and oxygen atoms in total. The molecule has 1 heterocycles. The lowest BCUT2D eigenvalue weighted by Gasteiger charge is -2.29. The topological polar surface area (TPSA) is 38.0 Å². The number of aliphatic hydroxyl groups is 1. The van der Waals surface area contributed by atoms with E-state index in [0.717, 1.165) is 42.1 Å². The standard InChI is InChI=1S/C13H23ClN2O/c1-5-10-12(14)11(16(4)15-10)8-13(6-2,7-3)9-17/h17H,5-9H2,1-4H3. The Morgan fingerprint density at radius 1 is 1.29 bits per heavy atom. The average molecular weight is 259 g/mol. The molecule has 0 aliphatic rings. The van der Waals surface area contributed by atoms with Crippen LogP contribution >= 0.6 is 11.6 Å². The van der Waals surface area contributed by atoms with Gasteiger partial charge in [-0.3, -0.25) is 4.68 Å². The van der Waals surface area contributed by atoms with Gasteiger partial charge in [-0.05, 0) is 31.1 Å². The smallest absolute Gasteiger partial charge is 0.0849 e. The summed E-state index contributed by atoms with van der Waals surface area (Å²) in [4.78, 5) is 0. The van der Waals surface area contributed by atoms with Gasteiger partial charge >= 0.3 is 0 Å². The highest BCUT2D eigenvalue weighted by molar-refractivity contribution is 6.31. The van der Waals surface area contributed by atoms with Crippen LogP contribution in [-0.2, 0) is 19.9 Å². The molecule has 1 N–H and O–H groups in total. The molecule has 1 rings (SSSR count). The molecule has 0 atom stereocenters. The molecule has 1 aromatic heterocycles. The van der Waals surface area contributed by atoms with Crippen molar-refractivity contribution in [3.63, 3.8) is 0 Å². The van der Waals surface area contributed by atoms with Crippen molar-refractivity contribution in [1.82, 2.24) is 9.78 Å². The van der Waals surface area contributed by atoms with Gasteiger partial charge in [0.25, 0.3) is 0 Å². The first-order chi connectivity index (χ1) is 8.03. The van der Waals surface area contributed by atoms with Crippen LogP contribution in [0.25, 0.3) is 0 Å². The van der Waals surface area contributed by atoms with Crippen LogP contribution in [0.2, 0.25) is 5.02 Å². The summed E-state index contributed by atoms with van der Waals surface area (Å²) in [6.07, 6.45) is 3.53. The molecule has 0 bridgehead atoms. The Morgan fingerprint density at radius 3 is 2.24 bits per heavy atom. The summed E-state index contributed by atoms with van der Waals surface area (Å²) in [6.45, 7) is 6.48. The van der Waals surface area contributed by atoms with Crippen molar-refractivity contribution < 1.29 is 5.11 Å². The number of hydrogen-bond donors (Lipinski definition) is 1. The van der Waals surface area contributed by atoms with Crippen molar-refractivity contribution >= 4 is 11.6 Å². The zero-order valence-electron chi connectivity index (χ0n) is 11.3. The number of aliphatic hydroxyl groups excluding tert-OH is 1. The number of halogens is 1. The fourth-order valence-electron chi connectivity index (χ4n) is 2.15. The largest absolute Gasteiger partial charge is 0.396 e. The Balaban J connectivity index is 3.05. The van der Waals surface area contributed by atoms with E-state index in [4.69, 9.17) is 11.6 Å². The highest BCUT2D eigenvalue weighted by Gasteiger charge is 2.29. The first kappa shape index (κ1) is 14.5. The Hall–Kier alpha value is -0.540. The van der Waals surface area contributed by atoms with E-state index in [1.165, 1.54) is 0 Å². The normalized spacial score (nSPS) is 12.1. The van der Waals surface area contributed by atoms with Crippen molar-refractivity contribution in [3.8, 4) is 0 Å². The molecule has 0 saturated carbocycles. The number of aromatic nitrogens is 2. The second kappa shape index (κ2) is 5.87. The molecule has 0 spiro atoms. The van der Waals surface area contributed by atoms with E-state index in [-0.39, 0.29) is 12.0 Å². The van der Waals surface area contributed by atoms with Crippen LogP contribution in [0.5, 0.6) is 0 Å². The van der Waals surface area contributed by atoms with Crippen molar-refractivity contribution in [2.75, 3.05) is 6.61 Å². The van der Waals surface area contributed by atoms with E-state index in [1.54, 1.807) is 0 Å². The zero-order valence-corrected chi connectivity index (χ0v) is 12.0. The van der Waals surface area contributed by atoms with Crippen LogP contribution in [-0.4, -0.2) is 21.5 Å². The third-order valence-corrected chi connectivity index (χ3v) is 4.32. The van der Waals surface area contributed by atoms with Crippen molar-refractivity contribution in [3.05, 3.63) is 16.4 Å². The Morgan fingerprint density at radius 2 is 1.88 bits per heavy atom. The molecule has 17 heavy (non-hydrogen) atoms. The minimum atomic E-state index is -0.0670. The van der Waals surface area contributed by atoms with Gasteiger partial charge in [0, 0.05) is 13.7 Å². The summed E-state index contributed by atoms with van der Waals surface area (Å²) in [6, 6.07) is 0. The molecule has 0 amide bonds. The monoisotopic (exact) mass is 258 g/mol. The average Bonchev–Trinajstić information content (AvgIpc) is 2.62. The molecular formula is C13H23ClN2O. The minimum absolute atomic E-state index is 0.0670. The predicted octanol–water partition coefficient (Wildman–Crippen LogP) is 2.98. The lowest BCUT2D eigenvalue weighted by atomic mass is 9.79. The van der Waals surface area contributed by atoms with Gasteiger partial charge in [-0.1, -0.05) is 32.4 Å². The maximum absolute atomic E-state index is 9.61. The molecule has 0 saturated heterocycles. The number of nitrogens with zero attached hydrogens (tertiary/aromatic N) is 2. The molecule has 0 unspecified atom stereocenters. The van der Waals surface area contributed by atoms with E-state index < -0.39 is 0 Å². The molecule has 98 valence electrons. The van der Waals surface area contributed by atoms with E-state index in [2.05, 4.69) is 25.9 Å². The minimum Gasteiger partial charge on any atom is -0.396 e. The highest BCUT2D eigenvalue weighted by Crippen LogP contribution is 2.33. The lowest BCUT2D eigenvalue weighted by Crippen LogP contribution is -2.27. The third-order valence-electron chi connectivity index (χ3n) is 3.88. The molecule has 0 aliphatic carbocycles. The molecule has 1 aromatic rings. The van der Waals surface area contributed by atoms with Gasteiger partial charge in [0.1, 0.15) is 0 Å². The fourth-order valence-corrected chi connectivity index (χ4v) is 2.51. The van der Waals surface area contributed by atoms with Gasteiger partial charge in [-0.15, -0.1) is 0 Å². The fraction of sp³-hybridized carbons (Fsp3) is 0.769. The molecular weight excluding hydrogens is 236 g/mol. The van der Waals surface area contributed by atoms with Gasteiger partial charge in [-0.25, -0.2) is 0 Å². The Bertz CT molecular complexity index is 361. The first-order valence-corrected chi connectivity index (χ1v) is 6.72. The van der Waals surface area contributed by atoms with E-state index >= 15 is 0 Å². The predicted molar refractivity (Wildman–Crippen MR) is 71.4 cm³/mol. The summed E-state index contributed by atoms with van der Waals surface area (Å²) in [5, 5.41) is 14.8. The third kappa shape index (κ3) is 2.83. The Kier molecular flexibility index (Phi) is 5.02. The summed E-state index contributed by atoms with van der Waals surface area (Å²) < 4.78 is 1.86. The molecule has 0 fully saturated rings. The zero-order chi connectivity index (χ0) is 13.1. The van der Waals surface area contributed by atoms with Crippen LogP contribution in [0.4, 0.5) is 0 Å². The number of aryl methyl sites for hydroxylation is 2. The van der Waals surface area contributed by atoms with Crippen LogP contribution in [0.1, 0.15) is 45.0 Å².